The fourth-order valence-electron chi connectivity index (χ4n) is 2.26. The topological polar surface area (TPSA) is 73.8 Å². The van der Waals surface area contributed by atoms with Gasteiger partial charge in [0.1, 0.15) is 17.4 Å². The van der Waals surface area contributed by atoms with Gasteiger partial charge in [-0.25, -0.2) is 9.97 Å². The lowest BCUT2D eigenvalue weighted by Gasteiger charge is -2.21. The van der Waals surface area contributed by atoms with E-state index in [9.17, 15) is 4.79 Å². The highest BCUT2D eigenvalue weighted by Crippen LogP contribution is 2.26. The van der Waals surface area contributed by atoms with Gasteiger partial charge >= 0.3 is 0 Å². The minimum atomic E-state index is -0.493. The van der Waals surface area contributed by atoms with E-state index in [1.165, 1.54) is 0 Å². The van der Waals surface area contributed by atoms with Crippen LogP contribution >= 0.6 is 11.6 Å². The van der Waals surface area contributed by atoms with E-state index in [2.05, 4.69) is 9.97 Å². The van der Waals surface area contributed by atoms with E-state index in [1.54, 1.807) is 4.57 Å². The van der Waals surface area contributed by atoms with Gasteiger partial charge in [-0.05, 0) is 25.0 Å². The Bertz CT molecular complexity index is 620. The maximum atomic E-state index is 11.7. The molecule has 0 aliphatic rings. The third kappa shape index (κ3) is 2.42. The van der Waals surface area contributed by atoms with Crippen LogP contribution in [0.4, 0.5) is 0 Å². The monoisotopic (exact) mass is 280 g/mol. The molecule has 0 spiro atoms. The summed E-state index contributed by atoms with van der Waals surface area (Å²) in [5.74, 6) is 0.474. The molecule has 2 aromatic heterocycles. The van der Waals surface area contributed by atoms with E-state index >= 15 is 0 Å². The SMILES string of the molecule is Cc1ccc2nc(CCl)n(C(C(N)=O)C(C)C)c2n1. The highest BCUT2D eigenvalue weighted by Gasteiger charge is 2.27. The van der Waals surface area contributed by atoms with Crippen LogP contribution in [-0.2, 0) is 10.7 Å². The number of amides is 1. The van der Waals surface area contributed by atoms with Crippen molar-refractivity contribution in [3.63, 3.8) is 0 Å². The van der Waals surface area contributed by atoms with Gasteiger partial charge in [0.05, 0.1) is 5.88 Å². The number of carbonyl (C=O) groups is 1. The fraction of sp³-hybridized carbons (Fsp3) is 0.462. The van der Waals surface area contributed by atoms with E-state index in [4.69, 9.17) is 17.3 Å². The second-order valence-electron chi connectivity index (χ2n) is 4.92. The van der Waals surface area contributed by atoms with Gasteiger partial charge in [-0.1, -0.05) is 13.8 Å². The zero-order valence-corrected chi connectivity index (χ0v) is 12.0. The lowest BCUT2D eigenvalue weighted by molar-refractivity contribution is -0.122. The normalized spacial score (nSPS) is 13.1. The Morgan fingerprint density at radius 3 is 2.63 bits per heavy atom. The molecule has 5 nitrogen and oxygen atoms in total. The first-order chi connectivity index (χ1) is 8.95. The van der Waals surface area contributed by atoms with Crippen LogP contribution in [0.5, 0.6) is 0 Å². The van der Waals surface area contributed by atoms with Crippen molar-refractivity contribution in [1.82, 2.24) is 14.5 Å². The Kier molecular flexibility index (Phi) is 3.75. The van der Waals surface area contributed by atoms with E-state index in [0.717, 1.165) is 11.2 Å². The molecule has 0 radical (unpaired) electrons. The second-order valence-corrected chi connectivity index (χ2v) is 5.19. The van der Waals surface area contributed by atoms with Gasteiger partial charge in [-0.2, -0.15) is 0 Å². The molecule has 6 heteroatoms. The minimum absolute atomic E-state index is 0.0409. The highest BCUT2D eigenvalue weighted by atomic mass is 35.5. The Balaban J connectivity index is 2.74. The minimum Gasteiger partial charge on any atom is -0.368 e. The number of hydrogen-bond donors (Lipinski definition) is 1. The summed E-state index contributed by atoms with van der Waals surface area (Å²) < 4.78 is 1.77. The lowest BCUT2D eigenvalue weighted by Crippen LogP contribution is -2.31. The second kappa shape index (κ2) is 5.17. The van der Waals surface area contributed by atoms with Crippen LogP contribution in [0, 0.1) is 12.8 Å². The summed E-state index contributed by atoms with van der Waals surface area (Å²) in [6, 6.07) is 3.27. The first kappa shape index (κ1) is 13.8. The molecular formula is C13H17ClN4O. The maximum Gasteiger partial charge on any atom is 0.240 e. The van der Waals surface area contributed by atoms with E-state index < -0.39 is 11.9 Å². The first-order valence-corrected chi connectivity index (χ1v) is 6.69. The van der Waals surface area contributed by atoms with Gasteiger partial charge in [-0.15, -0.1) is 11.6 Å². The van der Waals surface area contributed by atoms with Crippen LogP contribution in [0.1, 0.15) is 31.4 Å². The molecule has 1 atom stereocenters. The maximum absolute atomic E-state index is 11.7. The van der Waals surface area contributed by atoms with E-state index in [0.29, 0.717) is 11.5 Å². The largest absolute Gasteiger partial charge is 0.368 e. The van der Waals surface area contributed by atoms with Crippen molar-refractivity contribution >= 4 is 28.7 Å². The summed E-state index contributed by atoms with van der Waals surface area (Å²) in [5.41, 5.74) is 7.78. The quantitative estimate of drug-likeness (QED) is 0.872. The molecule has 2 rings (SSSR count). The zero-order chi connectivity index (χ0) is 14.2. The van der Waals surface area contributed by atoms with Gasteiger partial charge in [0, 0.05) is 5.69 Å². The third-order valence-electron chi connectivity index (χ3n) is 3.07. The highest BCUT2D eigenvalue weighted by molar-refractivity contribution is 6.16. The summed E-state index contributed by atoms with van der Waals surface area (Å²) in [6.07, 6.45) is 0. The smallest absolute Gasteiger partial charge is 0.240 e. The van der Waals surface area contributed by atoms with Crippen LogP contribution < -0.4 is 5.73 Å². The number of alkyl halides is 1. The summed E-state index contributed by atoms with van der Waals surface area (Å²) in [7, 11) is 0. The number of aryl methyl sites for hydroxylation is 1. The number of rotatable bonds is 4. The average molecular weight is 281 g/mol. The van der Waals surface area contributed by atoms with Crippen molar-refractivity contribution in [3.8, 4) is 0 Å². The lowest BCUT2D eigenvalue weighted by atomic mass is 10.0. The number of nitrogens with two attached hydrogens (primary N) is 1. The number of halogens is 1. The van der Waals surface area contributed by atoms with Gasteiger partial charge in [-0.3, -0.25) is 9.36 Å². The van der Waals surface area contributed by atoms with Crippen LogP contribution in [0.3, 0.4) is 0 Å². The molecule has 1 amide bonds. The molecule has 2 N–H and O–H groups in total. The number of imidazole rings is 1. The first-order valence-electron chi connectivity index (χ1n) is 6.15. The van der Waals surface area contributed by atoms with Crippen molar-refractivity contribution in [1.29, 1.82) is 0 Å². The number of hydrogen-bond acceptors (Lipinski definition) is 3. The van der Waals surface area contributed by atoms with Gasteiger partial charge < -0.3 is 5.73 Å². The van der Waals surface area contributed by atoms with Crippen LogP contribution in [0.25, 0.3) is 11.2 Å². The van der Waals surface area contributed by atoms with Crippen molar-refractivity contribution < 1.29 is 4.79 Å². The number of aromatic nitrogens is 3. The molecule has 2 heterocycles. The number of primary amides is 1. The van der Waals surface area contributed by atoms with Crippen LogP contribution in [0.15, 0.2) is 12.1 Å². The molecule has 0 saturated carbocycles. The standard InChI is InChI=1S/C13H17ClN4O/c1-7(2)11(12(15)19)18-10(6-14)17-9-5-4-8(3)16-13(9)18/h4-5,7,11H,6H2,1-3H3,(H2,15,19). The molecule has 0 fully saturated rings. The molecule has 0 bridgehead atoms. The van der Waals surface area contributed by atoms with Crippen LogP contribution in [-0.4, -0.2) is 20.4 Å². The Morgan fingerprint density at radius 1 is 1.42 bits per heavy atom. The molecule has 0 aliphatic carbocycles. The molecular weight excluding hydrogens is 264 g/mol. The predicted octanol–water partition coefficient (Wildman–Crippen LogP) is 2.16. The number of fused-ring (bicyclic) bond motifs is 1. The molecule has 0 saturated heterocycles. The summed E-state index contributed by atoms with van der Waals surface area (Å²) in [6.45, 7) is 5.77. The summed E-state index contributed by atoms with van der Waals surface area (Å²) in [4.78, 5) is 20.6. The molecule has 0 aromatic carbocycles. The molecule has 102 valence electrons. The Hall–Kier alpha value is -1.62. The van der Waals surface area contributed by atoms with Crippen molar-refractivity contribution in [2.45, 2.75) is 32.7 Å². The molecule has 0 aliphatic heterocycles. The van der Waals surface area contributed by atoms with Crippen molar-refractivity contribution in [3.05, 3.63) is 23.7 Å². The Morgan fingerprint density at radius 2 is 2.11 bits per heavy atom. The predicted molar refractivity (Wildman–Crippen MR) is 74.9 cm³/mol. The number of nitrogens with zero attached hydrogens (tertiary/aromatic N) is 3. The molecule has 2 aromatic rings. The number of carbonyl (C=O) groups excluding carboxylic acids is 1. The van der Waals surface area contributed by atoms with E-state index in [1.807, 2.05) is 32.9 Å². The zero-order valence-electron chi connectivity index (χ0n) is 11.2. The van der Waals surface area contributed by atoms with E-state index in [-0.39, 0.29) is 11.8 Å². The van der Waals surface area contributed by atoms with Crippen LogP contribution in [0.2, 0.25) is 0 Å². The summed E-state index contributed by atoms with van der Waals surface area (Å²) in [5, 5.41) is 0. The summed E-state index contributed by atoms with van der Waals surface area (Å²) >= 11 is 5.93. The van der Waals surface area contributed by atoms with Gasteiger partial charge in [0.15, 0.2) is 5.65 Å². The number of pyridine rings is 1. The van der Waals surface area contributed by atoms with Crippen molar-refractivity contribution in [2.24, 2.45) is 11.7 Å². The van der Waals surface area contributed by atoms with Gasteiger partial charge in [0.2, 0.25) is 5.91 Å². The average Bonchev–Trinajstić information content (AvgIpc) is 2.67. The van der Waals surface area contributed by atoms with Crippen molar-refractivity contribution in [2.75, 3.05) is 0 Å². The molecule has 1 unspecified atom stereocenters. The Labute approximate surface area is 116 Å². The van der Waals surface area contributed by atoms with Gasteiger partial charge in [0.25, 0.3) is 0 Å². The fourth-order valence-corrected chi connectivity index (χ4v) is 2.44. The third-order valence-corrected chi connectivity index (χ3v) is 3.31. The molecule has 19 heavy (non-hydrogen) atoms.